The van der Waals surface area contributed by atoms with E-state index in [1.54, 1.807) is 7.11 Å². The molecule has 1 aromatic rings. The van der Waals surface area contributed by atoms with E-state index in [2.05, 4.69) is 44.0 Å². The van der Waals surface area contributed by atoms with E-state index in [4.69, 9.17) is 4.74 Å². The van der Waals surface area contributed by atoms with Gasteiger partial charge in [-0.3, -0.25) is 9.69 Å². The smallest absolute Gasteiger partial charge is 0.220 e. The second-order valence-electron chi connectivity index (χ2n) is 5.81. The molecule has 0 aliphatic heterocycles. The monoisotopic (exact) mass is 336 g/mol. The summed E-state index contributed by atoms with van der Waals surface area (Å²) in [5.41, 5.74) is 1.19. The first-order valence-electron chi connectivity index (χ1n) is 9.19. The predicted octanol–water partition coefficient (Wildman–Crippen LogP) is 4.41. The molecule has 1 atom stereocenters. The van der Waals surface area contributed by atoms with Gasteiger partial charge >= 0.3 is 0 Å². The Morgan fingerprint density at radius 3 is 2.38 bits per heavy atom. The van der Waals surface area contributed by atoms with Crippen LogP contribution in [0.25, 0.3) is 0 Å². The van der Waals surface area contributed by atoms with Crippen molar-refractivity contribution < 1.29 is 9.53 Å². The van der Waals surface area contributed by atoms with Crippen molar-refractivity contribution in [2.75, 3.05) is 26.7 Å². The van der Waals surface area contributed by atoms with E-state index in [1.807, 2.05) is 25.1 Å². The number of rotatable bonds is 9. The topological polar surface area (TPSA) is 41.6 Å². The first-order valence-corrected chi connectivity index (χ1v) is 9.19. The highest BCUT2D eigenvalue weighted by molar-refractivity contribution is 5.75. The van der Waals surface area contributed by atoms with Gasteiger partial charge in [0.15, 0.2) is 0 Å². The maximum atomic E-state index is 11.5. The molecule has 0 aliphatic rings. The zero-order chi connectivity index (χ0) is 18.4. The molecular weight excluding hydrogens is 300 g/mol. The lowest BCUT2D eigenvalue weighted by Gasteiger charge is -2.29. The van der Waals surface area contributed by atoms with E-state index < -0.39 is 0 Å². The second kappa shape index (κ2) is 13.8. The summed E-state index contributed by atoms with van der Waals surface area (Å²) in [7, 11) is 1.71. The van der Waals surface area contributed by atoms with E-state index in [0.717, 1.165) is 25.3 Å². The van der Waals surface area contributed by atoms with Crippen LogP contribution in [0.15, 0.2) is 24.3 Å². The molecule has 1 N–H and O–H groups in total. The zero-order valence-electron chi connectivity index (χ0n) is 16.4. The largest absolute Gasteiger partial charge is 0.496 e. The fourth-order valence-corrected chi connectivity index (χ4v) is 2.56. The molecule has 1 rings (SSSR count). The van der Waals surface area contributed by atoms with Gasteiger partial charge in [-0.2, -0.15) is 0 Å². The molecule has 4 nitrogen and oxygen atoms in total. The summed E-state index contributed by atoms with van der Waals surface area (Å²) in [6.07, 6.45) is 2.71. The van der Waals surface area contributed by atoms with Crippen molar-refractivity contribution in [2.45, 2.75) is 59.9 Å². The van der Waals surface area contributed by atoms with Crippen LogP contribution in [-0.4, -0.2) is 37.6 Å². The van der Waals surface area contributed by atoms with Gasteiger partial charge in [0, 0.05) is 24.6 Å². The highest BCUT2D eigenvalue weighted by atomic mass is 16.5. The third-order valence-electron chi connectivity index (χ3n) is 3.77. The number of hydrogen-bond donors (Lipinski definition) is 1. The van der Waals surface area contributed by atoms with Crippen LogP contribution in [0.3, 0.4) is 0 Å². The van der Waals surface area contributed by atoms with Crippen LogP contribution in [0, 0.1) is 0 Å². The van der Waals surface area contributed by atoms with Crippen molar-refractivity contribution in [3.63, 3.8) is 0 Å². The van der Waals surface area contributed by atoms with Crippen molar-refractivity contribution in [3.05, 3.63) is 29.8 Å². The fraction of sp³-hybridized carbons (Fsp3) is 0.650. The average Bonchev–Trinajstić information content (AvgIpc) is 2.59. The van der Waals surface area contributed by atoms with E-state index >= 15 is 0 Å². The van der Waals surface area contributed by atoms with Gasteiger partial charge in [-0.05, 0) is 39.4 Å². The number of hydrogen-bond acceptors (Lipinski definition) is 3. The Balaban J connectivity index is 0.00000163. The quantitative estimate of drug-likeness (QED) is 0.726. The third kappa shape index (κ3) is 8.34. The molecule has 0 aromatic heterocycles. The Labute approximate surface area is 148 Å². The first-order chi connectivity index (χ1) is 11.5. The molecule has 0 aliphatic carbocycles. The van der Waals surface area contributed by atoms with Crippen LogP contribution in [-0.2, 0) is 4.79 Å². The van der Waals surface area contributed by atoms with E-state index in [0.29, 0.717) is 13.0 Å². The van der Waals surface area contributed by atoms with Crippen molar-refractivity contribution >= 4 is 5.91 Å². The normalized spacial score (nSPS) is 11.5. The van der Waals surface area contributed by atoms with Gasteiger partial charge in [0.1, 0.15) is 5.75 Å². The molecule has 0 bridgehead atoms. The van der Waals surface area contributed by atoms with E-state index in [-0.39, 0.29) is 11.9 Å². The van der Waals surface area contributed by atoms with E-state index in [1.165, 1.54) is 12.0 Å². The number of nitrogens with zero attached hydrogens (tertiary/aromatic N) is 1. The van der Waals surface area contributed by atoms with Crippen LogP contribution in [0.1, 0.15) is 65.5 Å². The number of amides is 1. The molecule has 0 heterocycles. The zero-order valence-corrected chi connectivity index (χ0v) is 16.4. The van der Waals surface area contributed by atoms with Crippen LogP contribution in [0.5, 0.6) is 5.75 Å². The van der Waals surface area contributed by atoms with Crippen LogP contribution in [0.2, 0.25) is 0 Å². The lowest BCUT2D eigenvalue weighted by Crippen LogP contribution is -2.30. The molecule has 0 saturated heterocycles. The van der Waals surface area contributed by atoms with Gasteiger partial charge in [-0.15, -0.1) is 0 Å². The maximum Gasteiger partial charge on any atom is 0.220 e. The molecule has 4 heteroatoms. The Hall–Kier alpha value is -1.55. The SMILES string of the molecule is CCC.CCNC(=O)CCCN(CC)[C@@H](C)c1ccccc1OC. The van der Waals surface area contributed by atoms with Crippen molar-refractivity contribution in [2.24, 2.45) is 0 Å². The molecule has 138 valence electrons. The van der Waals surface area contributed by atoms with Gasteiger partial charge in [0.05, 0.1) is 7.11 Å². The molecule has 0 unspecified atom stereocenters. The van der Waals surface area contributed by atoms with Crippen molar-refractivity contribution in [1.82, 2.24) is 10.2 Å². The molecule has 0 saturated carbocycles. The van der Waals surface area contributed by atoms with Gasteiger partial charge in [0.25, 0.3) is 0 Å². The Morgan fingerprint density at radius 2 is 1.83 bits per heavy atom. The number of carbonyl (C=O) groups is 1. The summed E-state index contributed by atoms with van der Waals surface area (Å²) < 4.78 is 5.44. The van der Waals surface area contributed by atoms with Crippen molar-refractivity contribution in [1.29, 1.82) is 0 Å². The Morgan fingerprint density at radius 1 is 1.21 bits per heavy atom. The summed E-state index contributed by atoms with van der Waals surface area (Å²) in [5.74, 6) is 1.06. The molecular formula is C20H36N2O2. The number of para-hydroxylation sites is 1. The van der Waals surface area contributed by atoms with Crippen LogP contribution < -0.4 is 10.1 Å². The number of methoxy groups -OCH3 is 1. The summed E-state index contributed by atoms with van der Waals surface area (Å²) in [6, 6.07) is 8.40. The highest BCUT2D eigenvalue weighted by Gasteiger charge is 2.17. The summed E-state index contributed by atoms with van der Waals surface area (Å²) in [4.78, 5) is 13.9. The van der Waals surface area contributed by atoms with Crippen molar-refractivity contribution in [3.8, 4) is 5.75 Å². The van der Waals surface area contributed by atoms with Crippen LogP contribution >= 0.6 is 0 Å². The Bertz CT molecular complexity index is 449. The molecule has 0 radical (unpaired) electrons. The fourth-order valence-electron chi connectivity index (χ4n) is 2.56. The lowest BCUT2D eigenvalue weighted by atomic mass is 10.1. The number of nitrogens with one attached hydrogen (secondary N) is 1. The minimum atomic E-state index is 0.137. The minimum absolute atomic E-state index is 0.137. The van der Waals surface area contributed by atoms with Gasteiger partial charge in [-0.25, -0.2) is 0 Å². The number of carbonyl (C=O) groups excluding carboxylic acids is 1. The molecule has 1 amide bonds. The average molecular weight is 337 g/mol. The van der Waals surface area contributed by atoms with Gasteiger partial charge in [-0.1, -0.05) is 45.4 Å². The molecule has 1 aromatic carbocycles. The predicted molar refractivity (Wildman–Crippen MR) is 103 cm³/mol. The number of ether oxygens (including phenoxy) is 1. The molecule has 24 heavy (non-hydrogen) atoms. The first kappa shape index (κ1) is 22.4. The summed E-state index contributed by atoms with van der Waals surface area (Å²) >= 11 is 0. The molecule has 0 fully saturated rings. The third-order valence-corrected chi connectivity index (χ3v) is 3.77. The van der Waals surface area contributed by atoms with E-state index in [9.17, 15) is 4.79 Å². The Kier molecular flexibility index (Phi) is 13.0. The lowest BCUT2D eigenvalue weighted by molar-refractivity contribution is -0.121. The molecule has 0 spiro atoms. The minimum Gasteiger partial charge on any atom is -0.496 e. The number of benzene rings is 1. The summed E-state index contributed by atoms with van der Waals surface area (Å²) in [5, 5.41) is 2.84. The standard InChI is InChI=1S/C17H28N2O2.C3H8/c1-5-18-17(20)12-9-13-19(6-2)14(3)15-10-7-8-11-16(15)21-4;1-3-2/h7-8,10-11,14H,5-6,9,12-13H2,1-4H3,(H,18,20);3H2,1-2H3/t14-;/m0./s1. The van der Waals surface area contributed by atoms with Crippen LogP contribution in [0.4, 0.5) is 0 Å². The summed E-state index contributed by atoms with van der Waals surface area (Å²) in [6.45, 7) is 13.1. The highest BCUT2D eigenvalue weighted by Crippen LogP contribution is 2.28. The maximum absolute atomic E-state index is 11.5. The second-order valence-corrected chi connectivity index (χ2v) is 5.81. The van der Waals surface area contributed by atoms with Gasteiger partial charge in [0.2, 0.25) is 5.91 Å². The van der Waals surface area contributed by atoms with Gasteiger partial charge < -0.3 is 10.1 Å².